The lowest BCUT2D eigenvalue weighted by Crippen LogP contribution is -2.42. The molecular weight excluding hydrogens is 384 g/mol. The summed E-state index contributed by atoms with van der Waals surface area (Å²) in [5.74, 6) is -1.26. The molecule has 1 aliphatic heterocycles. The highest BCUT2D eigenvalue weighted by atomic mass is 16.5. The number of amides is 1. The maximum Gasteiger partial charge on any atom is 0.340 e. The van der Waals surface area contributed by atoms with Gasteiger partial charge < -0.3 is 19.7 Å². The zero-order chi connectivity index (χ0) is 21.5. The van der Waals surface area contributed by atoms with Crippen molar-refractivity contribution < 1.29 is 23.9 Å². The molecule has 0 radical (unpaired) electrons. The third-order valence-corrected chi connectivity index (χ3v) is 5.19. The summed E-state index contributed by atoms with van der Waals surface area (Å²) in [7, 11) is 1.37. The summed E-state index contributed by atoms with van der Waals surface area (Å²) < 4.78 is 10.0. The number of nitrogens with zero attached hydrogens (tertiary/aromatic N) is 1. The maximum atomic E-state index is 12.6. The molecule has 1 fully saturated rings. The van der Waals surface area contributed by atoms with Crippen LogP contribution in [0.15, 0.2) is 48.5 Å². The summed E-state index contributed by atoms with van der Waals surface area (Å²) in [6.07, 6.45) is 1.10. The second-order valence-corrected chi connectivity index (χ2v) is 7.29. The van der Waals surface area contributed by atoms with E-state index in [1.165, 1.54) is 7.11 Å². The van der Waals surface area contributed by atoms with Gasteiger partial charge in [0, 0.05) is 18.8 Å². The summed E-state index contributed by atoms with van der Waals surface area (Å²) in [5, 5.41) is 3.21. The number of rotatable bonds is 6. The molecule has 0 bridgehead atoms. The number of nitrogens with one attached hydrogen (secondary N) is 1. The van der Waals surface area contributed by atoms with Gasteiger partial charge in [0.15, 0.2) is 6.61 Å². The van der Waals surface area contributed by atoms with Crippen LogP contribution in [0.25, 0.3) is 0 Å². The van der Waals surface area contributed by atoms with Crippen LogP contribution in [-0.4, -0.2) is 49.6 Å². The Kier molecular flexibility index (Phi) is 7.06. The Morgan fingerprint density at radius 1 is 1.03 bits per heavy atom. The van der Waals surface area contributed by atoms with Crippen molar-refractivity contribution in [3.8, 4) is 0 Å². The molecule has 1 amide bonds. The fraction of sp³-hybridized carbons (Fsp3) is 0.348. The summed E-state index contributed by atoms with van der Waals surface area (Å²) in [5.41, 5.74) is 2.96. The van der Waals surface area contributed by atoms with E-state index in [2.05, 4.69) is 5.32 Å². The number of ether oxygens (including phenoxy) is 2. The second-order valence-electron chi connectivity index (χ2n) is 7.29. The van der Waals surface area contributed by atoms with Crippen LogP contribution in [0.4, 0.5) is 11.4 Å². The van der Waals surface area contributed by atoms with E-state index in [0.29, 0.717) is 37.2 Å². The van der Waals surface area contributed by atoms with Crippen LogP contribution in [0.1, 0.15) is 28.8 Å². The number of benzene rings is 2. The molecule has 0 saturated carbocycles. The maximum absolute atomic E-state index is 12.6. The van der Waals surface area contributed by atoms with Gasteiger partial charge in [0.1, 0.15) is 0 Å². The fourth-order valence-corrected chi connectivity index (χ4v) is 3.39. The molecule has 3 rings (SSSR count). The van der Waals surface area contributed by atoms with Crippen molar-refractivity contribution >= 4 is 29.2 Å². The smallest absolute Gasteiger partial charge is 0.340 e. The molecule has 7 heteroatoms. The Balaban J connectivity index is 1.56. The van der Waals surface area contributed by atoms with Crippen LogP contribution in [-0.2, 0) is 19.1 Å². The Morgan fingerprint density at radius 2 is 1.70 bits per heavy atom. The van der Waals surface area contributed by atoms with Crippen molar-refractivity contribution in [3.63, 3.8) is 0 Å². The zero-order valence-electron chi connectivity index (χ0n) is 17.2. The van der Waals surface area contributed by atoms with Crippen molar-refractivity contribution in [2.24, 2.45) is 5.92 Å². The Labute approximate surface area is 176 Å². The molecule has 0 atom stereocenters. The number of methoxy groups -OCH3 is 1. The van der Waals surface area contributed by atoms with Crippen LogP contribution >= 0.6 is 0 Å². The zero-order valence-corrected chi connectivity index (χ0v) is 17.2. The molecule has 1 aliphatic rings. The molecule has 0 aromatic heterocycles. The summed E-state index contributed by atoms with van der Waals surface area (Å²) in [6, 6.07) is 14.8. The van der Waals surface area contributed by atoms with Crippen molar-refractivity contribution in [1.29, 1.82) is 0 Å². The van der Waals surface area contributed by atoms with Crippen molar-refractivity contribution in [2.45, 2.75) is 19.8 Å². The normalized spacial score (nSPS) is 14.1. The Morgan fingerprint density at radius 3 is 2.37 bits per heavy atom. The molecule has 1 saturated heterocycles. The fourth-order valence-electron chi connectivity index (χ4n) is 3.39. The van der Waals surface area contributed by atoms with E-state index in [1.807, 2.05) is 37.3 Å². The highest BCUT2D eigenvalue weighted by molar-refractivity contribution is 5.97. The van der Waals surface area contributed by atoms with E-state index in [1.54, 1.807) is 23.1 Å². The molecule has 1 N–H and O–H groups in total. The standard InChI is InChI=1S/C23H26N2O5/c1-16-7-9-18(10-8-16)24-20-6-4-3-5-19(20)23(28)30-15-21(26)25-13-11-17(12-14-25)22(27)29-2/h3-10,17,24H,11-15H2,1-2H3. The summed E-state index contributed by atoms with van der Waals surface area (Å²) in [4.78, 5) is 38.2. The molecule has 0 unspecified atom stereocenters. The molecule has 0 spiro atoms. The minimum Gasteiger partial charge on any atom is -0.469 e. The SMILES string of the molecule is COC(=O)C1CCN(C(=O)COC(=O)c2ccccc2Nc2ccc(C)cc2)CC1. The monoisotopic (exact) mass is 410 g/mol. The Hall–Kier alpha value is -3.35. The molecular formula is C23H26N2O5. The highest BCUT2D eigenvalue weighted by Crippen LogP contribution is 2.22. The first-order chi connectivity index (χ1) is 14.5. The summed E-state index contributed by atoms with van der Waals surface area (Å²) in [6.45, 7) is 2.56. The van der Waals surface area contributed by atoms with E-state index in [4.69, 9.17) is 9.47 Å². The number of para-hydroxylation sites is 1. The summed E-state index contributed by atoms with van der Waals surface area (Å²) >= 11 is 0. The third-order valence-electron chi connectivity index (χ3n) is 5.19. The van der Waals surface area contributed by atoms with E-state index >= 15 is 0 Å². The van der Waals surface area contributed by atoms with Gasteiger partial charge in [0.05, 0.1) is 24.3 Å². The lowest BCUT2D eigenvalue weighted by Gasteiger charge is -2.30. The van der Waals surface area contributed by atoms with Gasteiger partial charge in [-0.2, -0.15) is 0 Å². The third kappa shape index (κ3) is 5.37. The van der Waals surface area contributed by atoms with Crippen molar-refractivity contribution in [3.05, 3.63) is 59.7 Å². The lowest BCUT2D eigenvalue weighted by molar-refractivity contribution is -0.149. The van der Waals surface area contributed by atoms with Gasteiger partial charge in [0.25, 0.3) is 5.91 Å². The lowest BCUT2D eigenvalue weighted by atomic mass is 9.97. The van der Waals surface area contributed by atoms with Crippen LogP contribution in [0.2, 0.25) is 0 Å². The first kappa shape index (κ1) is 21.4. The number of esters is 2. The largest absolute Gasteiger partial charge is 0.469 e. The predicted octanol–water partition coefficient (Wildman–Crippen LogP) is 3.31. The predicted molar refractivity (Wildman–Crippen MR) is 113 cm³/mol. The first-order valence-corrected chi connectivity index (χ1v) is 9.93. The van der Waals surface area contributed by atoms with Crippen molar-refractivity contribution in [2.75, 3.05) is 32.1 Å². The minimum absolute atomic E-state index is 0.179. The average Bonchev–Trinajstić information content (AvgIpc) is 2.78. The van der Waals surface area contributed by atoms with Crippen molar-refractivity contribution in [1.82, 2.24) is 4.90 Å². The quantitative estimate of drug-likeness (QED) is 0.736. The number of aryl methyl sites for hydroxylation is 1. The van der Waals surface area contributed by atoms with Crippen LogP contribution in [0.5, 0.6) is 0 Å². The van der Waals surface area contributed by atoms with Gasteiger partial charge in [0.2, 0.25) is 0 Å². The molecule has 7 nitrogen and oxygen atoms in total. The number of hydrogen-bond donors (Lipinski definition) is 1. The number of piperidine rings is 1. The second kappa shape index (κ2) is 9.91. The van der Waals surface area contributed by atoms with E-state index < -0.39 is 5.97 Å². The molecule has 2 aromatic rings. The van der Waals surface area contributed by atoms with Crippen LogP contribution in [0.3, 0.4) is 0 Å². The van der Waals surface area contributed by atoms with Gasteiger partial charge in [-0.05, 0) is 44.0 Å². The van der Waals surface area contributed by atoms with Gasteiger partial charge in [-0.25, -0.2) is 4.79 Å². The molecule has 158 valence electrons. The van der Waals surface area contributed by atoms with Gasteiger partial charge >= 0.3 is 11.9 Å². The van der Waals surface area contributed by atoms with Gasteiger partial charge in [-0.3, -0.25) is 9.59 Å². The number of anilines is 2. The van der Waals surface area contributed by atoms with E-state index in [9.17, 15) is 14.4 Å². The van der Waals surface area contributed by atoms with Gasteiger partial charge in [-0.15, -0.1) is 0 Å². The van der Waals surface area contributed by atoms with Crippen LogP contribution in [0, 0.1) is 12.8 Å². The van der Waals surface area contributed by atoms with Gasteiger partial charge in [-0.1, -0.05) is 29.8 Å². The highest BCUT2D eigenvalue weighted by Gasteiger charge is 2.28. The molecule has 1 heterocycles. The molecule has 2 aromatic carbocycles. The number of likely N-dealkylation sites (tertiary alicyclic amines) is 1. The van der Waals surface area contributed by atoms with E-state index in [0.717, 1.165) is 11.3 Å². The molecule has 0 aliphatic carbocycles. The number of carbonyl (C=O) groups is 3. The average molecular weight is 410 g/mol. The topological polar surface area (TPSA) is 84.9 Å². The first-order valence-electron chi connectivity index (χ1n) is 9.93. The minimum atomic E-state index is -0.567. The van der Waals surface area contributed by atoms with Crippen LogP contribution < -0.4 is 5.32 Å². The number of hydrogen-bond acceptors (Lipinski definition) is 6. The number of carbonyl (C=O) groups excluding carboxylic acids is 3. The Bertz CT molecular complexity index is 902. The molecule has 30 heavy (non-hydrogen) atoms. The van der Waals surface area contributed by atoms with E-state index in [-0.39, 0.29) is 24.4 Å².